The molecule has 5 atom stereocenters. The lowest BCUT2D eigenvalue weighted by Gasteiger charge is -2.51. The summed E-state index contributed by atoms with van der Waals surface area (Å²) in [6.07, 6.45) is 8.03. The van der Waals surface area contributed by atoms with E-state index < -0.39 is 0 Å². The van der Waals surface area contributed by atoms with E-state index in [2.05, 4.69) is 35.8 Å². The number of nitrogens with one attached hydrogen (secondary N) is 2. The molecule has 4 heteroatoms. The Morgan fingerprint density at radius 2 is 2.04 bits per heavy atom. The molecule has 0 amide bonds. The van der Waals surface area contributed by atoms with Crippen LogP contribution in [0, 0.1) is 17.3 Å². The van der Waals surface area contributed by atoms with Gasteiger partial charge in [0.1, 0.15) is 5.75 Å². The van der Waals surface area contributed by atoms with E-state index in [0.717, 1.165) is 49.7 Å². The lowest BCUT2D eigenvalue weighted by Crippen LogP contribution is -2.49. The Balaban J connectivity index is 1.44. The number of fused-ring (bicyclic) bond motifs is 5. The number of rotatable bonds is 7. The Bertz CT molecular complexity index is 649. The van der Waals surface area contributed by atoms with Crippen LogP contribution >= 0.6 is 0 Å². The molecule has 3 aliphatic carbocycles. The second kappa shape index (κ2) is 8.10. The molecule has 0 aliphatic heterocycles. The third-order valence-electron chi connectivity index (χ3n) is 7.95. The number of hydrogen-bond donors (Lipinski definition) is 3. The maximum absolute atomic E-state index is 5.56. The highest BCUT2D eigenvalue weighted by atomic mass is 16.5. The molecule has 3 aliphatic rings. The summed E-state index contributed by atoms with van der Waals surface area (Å²) in [5.41, 5.74) is 9.20. The first kappa shape index (κ1) is 19.2. The summed E-state index contributed by atoms with van der Waals surface area (Å²) in [6.45, 7) is 6.30. The van der Waals surface area contributed by atoms with E-state index >= 15 is 0 Å². The van der Waals surface area contributed by atoms with Crippen molar-refractivity contribution in [3.63, 3.8) is 0 Å². The minimum Gasteiger partial charge on any atom is -0.497 e. The average molecular weight is 372 g/mol. The highest BCUT2D eigenvalue weighted by molar-refractivity contribution is 5.40. The fourth-order valence-corrected chi connectivity index (χ4v) is 6.58. The Morgan fingerprint density at radius 1 is 1.15 bits per heavy atom. The van der Waals surface area contributed by atoms with Gasteiger partial charge in [-0.3, -0.25) is 0 Å². The lowest BCUT2D eigenvalue weighted by atomic mass is 9.55. The summed E-state index contributed by atoms with van der Waals surface area (Å²) in [4.78, 5) is 0. The van der Waals surface area contributed by atoms with Crippen molar-refractivity contribution in [3.05, 3.63) is 29.3 Å². The quantitative estimate of drug-likeness (QED) is 0.645. The zero-order valence-electron chi connectivity index (χ0n) is 17.1. The molecule has 150 valence electrons. The second-order valence-corrected chi connectivity index (χ2v) is 9.15. The molecule has 4 nitrogen and oxygen atoms in total. The summed E-state index contributed by atoms with van der Waals surface area (Å²) in [6, 6.07) is 7.50. The average Bonchev–Trinajstić information content (AvgIpc) is 3.03. The van der Waals surface area contributed by atoms with Crippen LogP contribution in [0.1, 0.15) is 56.1 Å². The number of ether oxygens (including phenoxy) is 1. The fraction of sp³-hybridized carbons (Fsp3) is 0.739. The van der Waals surface area contributed by atoms with Gasteiger partial charge in [-0.15, -0.1) is 0 Å². The molecule has 4 rings (SSSR count). The highest BCUT2D eigenvalue weighted by Gasteiger charge is 2.54. The molecule has 27 heavy (non-hydrogen) atoms. The standard InChI is InChI=1S/C23H37N3O/c1-23-10-9-19-18-6-4-17(27-2)15-16(18)3-5-20(19)21(23)7-8-22(23)26-14-13-25-12-11-24/h4,6,15,19-22,25-26H,3,5,7-14,24H2,1-2H3/t19-,20-,21+,22?,23+/m1/s1. The van der Waals surface area contributed by atoms with Gasteiger partial charge in [-0.2, -0.15) is 0 Å². The van der Waals surface area contributed by atoms with Crippen LogP contribution in [0.25, 0.3) is 0 Å². The van der Waals surface area contributed by atoms with Crippen molar-refractivity contribution in [3.8, 4) is 5.75 Å². The minimum atomic E-state index is 0.471. The van der Waals surface area contributed by atoms with E-state index in [4.69, 9.17) is 10.5 Å². The molecule has 0 saturated heterocycles. The smallest absolute Gasteiger partial charge is 0.119 e. The van der Waals surface area contributed by atoms with E-state index in [1.165, 1.54) is 44.1 Å². The molecule has 2 saturated carbocycles. The van der Waals surface area contributed by atoms with Gasteiger partial charge in [-0.05, 0) is 85.0 Å². The Hall–Kier alpha value is -1.10. The van der Waals surface area contributed by atoms with Crippen molar-refractivity contribution in [2.45, 2.75) is 57.4 Å². The monoisotopic (exact) mass is 371 g/mol. The van der Waals surface area contributed by atoms with E-state index in [1.807, 2.05) is 0 Å². The molecule has 1 aromatic carbocycles. The van der Waals surface area contributed by atoms with Gasteiger partial charge in [0, 0.05) is 32.2 Å². The largest absolute Gasteiger partial charge is 0.497 e. The number of hydrogen-bond acceptors (Lipinski definition) is 4. The topological polar surface area (TPSA) is 59.3 Å². The van der Waals surface area contributed by atoms with Gasteiger partial charge in [0.25, 0.3) is 0 Å². The molecule has 4 N–H and O–H groups in total. The van der Waals surface area contributed by atoms with E-state index in [0.29, 0.717) is 11.5 Å². The first-order valence-electron chi connectivity index (χ1n) is 11.0. The molecular weight excluding hydrogens is 334 g/mol. The van der Waals surface area contributed by atoms with Crippen LogP contribution in [0.15, 0.2) is 18.2 Å². The molecule has 1 unspecified atom stereocenters. The van der Waals surface area contributed by atoms with Crippen molar-refractivity contribution in [2.24, 2.45) is 23.0 Å². The maximum Gasteiger partial charge on any atom is 0.119 e. The molecule has 0 aromatic heterocycles. The van der Waals surface area contributed by atoms with Crippen LogP contribution in [0.2, 0.25) is 0 Å². The Labute approximate surface area is 164 Å². The van der Waals surface area contributed by atoms with Gasteiger partial charge in [0.05, 0.1) is 7.11 Å². The van der Waals surface area contributed by atoms with Gasteiger partial charge in [0.2, 0.25) is 0 Å². The van der Waals surface area contributed by atoms with Gasteiger partial charge in [-0.1, -0.05) is 13.0 Å². The van der Waals surface area contributed by atoms with Gasteiger partial charge in [0.15, 0.2) is 0 Å². The predicted molar refractivity (Wildman–Crippen MR) is 111 cm³/mol. The van der Waals surface area contributed by atoms with Crippen LogP contribution in [-0.2, 0) is 6.42 Å². The molecule has 0 spiro atoms. The first-order chi connectivity index (χ1) is 13.2. The number of benzene rings is 1. The van der Waals surface area contributed by atoms with Gasteiger partial charge in [-0.25, -0.2) is 0 Å². The molecular formula is C23H37N3O. The van der Waals surface area contributed by atoms with Crippen molar-refractivity contribution in [2.75, 3.05) is 33.3 Å². The maximum atomic E-state index is 5.56. The molecule has 0 radical (unpaired) electrons. The highest BCUT2D eigenvalue weighted by Crippen LogP contribution is 2.60. The molecule has 1 aromatic rings. The van der Waals surface area contributed by atoms with Crippen molar-refractivity contribution < 1.29 is 4.74 Å². The molecule has 0 heterocycles. The van der Waals surface area contributed by atoms with Crippen LogP contribution in [0.3, 0.4) is 0 Å². The van der Waals surface area contributed by atoms with E-state index in [9.17, 15) is 0 Å². The minimum absolute atomic E-state index is 0.471. The van der Waals surface area contributed by atoms with Crippen LogP contribution < -0.4 is 21.1 Å². The van der Waals surface area contributed by atoms with Crippen LogP contribution in [-0.4, -0.2) is 39.3 Å². The second-order valence-electron chi connectivity index (χ2n) is 9.15. The molecule has 2 fully saturated rings. The van der Waals surface area contributed by atoms with Crippen molar-refractivity contribution in [1.29, 1.82) is 0 Å². The third kappa shape index (κ3) is 3.52. The zero-order chi connectivity index (χ0) is 18.9. The van der Waals surface area contributed by atoms with Gasteiger partial charge < -0.3 is 21.1 Å². The number of aryl methyl sites for hydroxylation is 1. The van der Waals surface area contributed by atoms with Gasteiger partial charge >= 0.3 is 0 Å². The SMILES string of the molecule is COc1ccc2c(c1)CC[C@@H]1[C@@H]2CC[C@]2(C)C(NCCNCCN)CC[C@@H]12. The summed E-state index contributed by atoms with van der Waals surface area (Å²) in [5, 5.41) is 7.30. The lowest BCUT2D eigenvalue weighted by molar-refractivity contribution is 0.0414. The van der Waals surface area contributed by atoms with Crippen LogP contribution in [0.4, 0.5) is 0 Å². The van der Waals surface area contributed by atoms with Crippen molar-refractivity contribution >= 4 is 0 Å². The fourth-order valence-electron chi connectivity index (χ4n) is 6.58. The zero-order valence-corrected chi connectivity index (χ0v) is 17.1. The first-order valence-corrected chi connectivity index (χ1v) is 11.0. The normalized spacial score (nSPS) is 34.6. The number of nitrogens with two attached hydrogens (primary N) is 1. The summed E-state index contributed by atoms with van der Waals surface area (Å²) < 4.78 is 5.46. The summed E-state index contributed by atoms with van der Waals surface area (Å²) in [7, 11) is 1.77. The summed E-state index contributed by atoms with van der Waals surface area (Å²) in [5.74, 6) is 3.52. The van der Waals surface area contributed by atoms with Crippen LogP contribution in [0.5, 0.6) is 5.75 Å². The molecule has 0 bridgehead atoms. The van der Waals surface area contributed by atoms with E-state index in [1.54, 1.807) is 12.7 Å². The van der Waals surface area contributed by atoms with Crippen molar-refractivity contribution in [1.82, 2.24) is 10.6 Å². The number of methoxy groups -OCH3 is 1. The predicted octanol–water partition coefficient (Wildman–Crippen LogP) is 3.06. The Morgan fingerprint density at radius 3 is 2.85 bits per heavy atom. The Kier molecular flexibility index (Phi) is 5.77. The third-order valence-corrected chi connectivity index (χ3v) is 7.95. The summed E-state index contributed by atoms with van der Waals surface area (Å²) >= 11 is 0. The van der Waals surface area contributed by atoms with E-state index in [-0.39, 0.29) is 0 Å².